The third-order valence-electron chi connectivity index (χ3n) is 3.55. The van der Waals surface area contributed by atoms with Gasteiger partial charge in [-0.2, -0.15) is 0 Å². The van der Waals surface area contributed by atoms with E-state index in [1.54, 1.807) is 0 Å². The van der Waals surface area contributed by atoms with Gasteiger partial charge in [-0.1, -0.05) is 20.3 Å². The zero-order chi connectivity index (χ0) is 19.2. The first kappa shape index (κ1) is 23.1. The average molecular weight is 358 g/mol. The van der Waals surface area contributed by atoms with Crippen molar-refractivity contribution < 1.29 is 14.3 Å². The van der Waals surface area contributed by atoms with Crippen molar-refractivity contribution in [1.82, 2.24) is 10.6 Å². The highest BCUT2D eigenvalue weighted by Gasteiger charge is 2.25. The zero-order valence-corrected chi connectivity index (χ0v) is 15.6. The highest BCUT2D eigenvalue weighted by molar-refractivity contribution is 5.87. The van der Waals surface area contributed by atoms with Crippen LogP contribution in [0, 0.1) is 0 Å². The van der Waals surface area contributed by atoms with Gasteiger partial charge in [0.25, 0.3) is 0 Å². The summed E-state index contributed by atoms with van der Waals surface area (Å²) in [6.07, 6.45) is 3.28. The Morgan fingerprint density at radius 3 is 2.24 bits per heavy atom. The van der Waals surface area contributed by atoms with E-state index in [2.05, 4.69) is 15.6 Å². The van der Waals surface area contributed by atoms with Crippen molar-refractivity contribution in [3.05, 3.63) is 0 Å². The maximum Gasteiger partial charge on any atom is 0.328 e. The second-order valence-corrected chi connectivity index (χ2v) is 6.19. The topological polar surface area (TPSA) is 158 Å². The third-order valence-corrected chi connectivity index (χ3v) is 3.55. The number of nitrogens with zero attached hydrogens (tertiary/aromatic N) is 1. The number of nitrogens with two attached hydrogens (primary N) is 3. The quantitative estimate of drug-likeness (QED) is 0.125. The molecule has 0 fully saturated rings. The fourth-order valence-electron chi connectivity index (χ4n) is 2.35. The number of esters is 1. The molecule has 0 saturated heterocycles. The Morgan fingerprint density at radius 2 is 1.72 bits per heavy atom. The predicted molar refractivity (Wildman–Crippen MR) is 98.8 cm³/mol. The molecule has 9 nitrogen and oxygen atoms in total. The highest BCUT2D eigenvalue weighted by atomic mass is 16.5. The molecule has 25 heavy (non-hydrogen) atoms. The van der Waals surface area contributed by atoms with Crippen molar-refractivity contribution in [2.75, 3.05) is 20.2 Å². The van der Waals surface area contributed by atoms with Gasteiger partial charge in [-0.25, -0.2) is 4.79 Å². The van der Waals surface area contributed by atoms with E-state index < -0.39 is 12.0 Å². The van der Waals surface area contributed by atoms with Crippen LogP contribution in [0.3, 0.4) is 0 Å². The number of rotatable bonds is 13. The van der Waals surface area contributed by atoms with Gasteiger partial charge in [-0.3, -0.25) is 9.79 Å². The maximum atomic E-state index is 12.6. The van der Waals surface area contributed by atoms with Crippen LogP contribution in [0.2, 0.25) is 0 Å². The maximum absolute atomic E-state index is 12.6. The van der Waals surface area contributed by atoms with E-state index in [0.717, 1.165) is 12.8 Å². The number of aliphatic imine (C=N–C) groups is 1. The Labute approximate surface area is 150 Å². The summed E-state index contributed by atoms with van der Waals surface area (Å²) in [5.41, 5.74) is 16.0. The molecule has 0 heterocycles. The molecule has 146 valence electrons. The minimum Gasteiger partial charge on any atom is -0.467 e. The monoisotopic (exact) mass is 358 g/mol. The Balaban J connectivity index is 4.75. The summed E-state index contributed by atoms with van der Waals surface area (Å²) in [5, 5.41) is 5.99. The summed E-state index contributed by atoms with van der Waals surface area (Å²) >= 11 is 0. The van der Waals surface area contributed by atoms with Crippen LogP contribution in [0.15, 0.2) is 4.99 Å². The summed E-state index contributed by atoms with van der Waals surface area (Å²) in [5.74, 6) is -0.703. The molecule has 1 amide bonds. The number of ether oxygens (including phenoxy) is 1. The molecule has 0 aromatic rings. The van der Waals surface area contributed by atoms with E-state index in [1.807, 2.05) is 13.8 Å². The molecule has 9 heteroatoms. The van der Waals surface area contributed by atoms with Crippen molar-refractivity contribution >= 4 is 17.8 Å². The molecule has 0 rings (SSSR count). The second-order valence-electron chi connectivity index (χ2n) is 6.19. The molecule has 2 atom stereocenters. The van der Waals surface area contributed by atoms with Crippen molar-refractivity contribution in [1.29, 1.82) is 0 Å². The van der Waals surface area contributed by atoms with Crippen LogP contribution in [0.5, 0.6) is 0 Å². The van der Waals surface area contributed by atoms with Gasteiger partial charge < -0.3 is 32.6 Å². The summed E-state index contributed by atoms with van der Waals surface area (Å²) in [6.45, 7) is 4.91. The van der Waals surface area contributed by atoms with E-state index in [-0.39, 0.29) is 24.0 Å². The van der Waals surface area contributed by atoms with Crippen molar-refractivity contribution in [2.45, 2.75) is 64.1 Å². The van der Waals surface area contributed by atoms with E-state index in [9.17, 15) is 9.59 Å². The number of hydrogen-bond acceptors (Lipinski definition) is 6. The first-order chi connectivity index (χ1) is 11.8. The lowest BCUT2D eigenvalue weighted by atomic mass is 10.1. The molecule has 8 N–H and O–H groups in total. The summed E-state index contributed by atoms with van der Waals surface area (Å²) in [6, 6.07) is -0.957. The molecule has 2 unspecified atom stereocenters. The van der Waals surface area contributed by atoms with Gasteiger partial charge in [0.2, 0.25) is 5.91 Å². The first-order valence-electron chi connectivity index (χ1n) is 8.71. The van der Waals surface area contributed by atoms with Crippen LogP contribution in [0.4, 0.5) is 0 Å². The standard InChI is InChI=1S/C16H34N6O3/c1-11(2)21-12(7-4-5-9-17)14(23)22-13(15(24)25-3)8-6-10-20-16(18)19/h11-13,21H,4-10,17H2,1-3H3,(H,22,23)(H4,18,19,20). The van der Waals surface area contributed by atoms with Gasteiger partial charge in [-0.15, -0.1) is 0 Å². The Hall–Kier alpha value is -1.87. The van der Waals surface area contributed by atoms with Gasteiger partial charge in [0.05, 0.1) is 13.2 Å². The molecule has 0 radical (unpaired) electrons. The Morgan fingerprint density at radius 1 is 1.08 bits per heavy atom. The molecule has 0 aromatic heterocycles. The minimum atomic E-state index is -0.724. The van der Waals surface area contributed by atoms with Gasteiger partial charge >= 0.3 is 5.97 Å². The minimum absolute atomic E-state index is 0.000227. The van der Waals surface area contributed by atoms with Gasteiger partial charge in [-0.05, 0) is 32.2 Å². The number of amides is 1. The third kappa shape index (κ3) is 11.3. The lowest BCUT2D eigenvalue weighted by Crippen LogP contribution is -2.52. The zero-order valence-electron chi connectivity index (χ0n) is 15.6. The summed E-state index contributed by atoms with van der Waals surface area (Å²) in [4.78, 5) is 28.4. The molecular formula is C16H34N6O3. The number of unbranched alkanes of at least 4 members (excludes halogenated alkanes) is 1. The normalized spacial score (nSPS) is 13.2. The summed E-state index contributed by atoms with van der Waals surface area (Å²) in [7, 11) is 1.29. The van der Waals surface area contributed by atoms with E-state index >= 15 is 0 Å². The molecule has 0 spiro atoms. The first-order valence-corrected chi connectivity index (χ1v) is 8.71. The van der Waals surface area contributed by atoms with Gasteiger partial charge in [0.15, 0.2) is 5.96 Å². The SMILES string of the molecule is COC(=O)C(CCCN=C(N)N)NC(=O)C(CCCCN)NC(C)C. The molecule has 0 aliphatic heterocycles. The Bertz CT molecular complexity index is 424. The number of hydrogen-bond donors (Lipinski definition) is 5. The van der Waals surface area contributed by atoms with Crippen LogP contribution in [0.1, 0.15) is 46.0 Å². The Kier molecular flexibility index (Phi) is 12.4. The number of nitrogens with one attached hydrogen (secondary N) is 2. The lowest BCUT2D eigenvalue weighted by Gasteiger charge is -2.23. The van der Waals surface area contributed by atoms with Crippen LogP contribution in [-0.2, 0) is 14.3 Å². The highest BCUT2D eigenvalue weighted by Crippen LogP contribution is 2.06. The average Bonchev–Trinajstić information content (AvgIpc) is 2.55. The molecule has 0 aromatic carbocycles. The number of carbonyl (C=O) groups is 2. The molecule has 0 aliphatic carbocycles. The predicted octanol–water partition coefficient (Wildman–Crippen LogP) is -0.807. The van der Waals surface area contributed by atoms with Crippen LogP contribution >= 0.6 is 0 Å². The molecular weight excluding hydrogens is 324 g/mol. The van der Waals surface area contributed by atoms with E-state index in [0.29, 0.717) is 32.4 Å². The largest absolute Gasteiger partial charge is 0.467 e. The van der Waals surface area contributed by atoms with Crippen molar-refractivity contribution in [3.8, 4) is 0 Å². The fourth-order valence-corrected chi connectivity index (χ4v) is 2.35. The number of methoxy groups -OCH3 is 1. The summed E-state index contributed by atoms with van der Waals surface area (Å²) < 4.78 is 4.77. The van der Waals surface area contributed by atoms with Crippen molar-refractivity contribution in [3.63, 3.8) is 0 Å². The fraction of sp³-hybridized carbons (Fsp3) is 0.812. The van der Waals surface area contributed by atoms with Gasteiger partial charge in [0, 0.05) is 12.6 Å². The van der Waals surface area contributed by atoms with E-state index in [4.69, 9.17) is 21.9 Å². The van der Waals surface area contributed by atoms with Crippen molar-refractivity contribution in [2.24, 2.45) is 22.2 Å². The van der Waals surface area contributed by atoms with Crippen LogP contribution in [-0.4, -0.2) is 56.2 Å². The van der Waals surface area contributed by atoms with Gasteiger partial charge in [0.1, 0.15) is 6.04 Å². The number of carbonyl (C=O) groups excluding carboxylic acids is 2. The lowest BCUT2D eigenvalue weighted by molar-refractivity contribution is -0.145. The smallest absolute Gasteiger partial charge is 0.328 e. The molecule has 0 bridgehead atoms. The second kappa shape index (κ2) is 13.4. The van der Waals surface area contributed by atoms with Crippen LogP contribution in [0.25, 0.3) is 0 Å². The van der Waals surface area contributed by atoms with E-state index in [1.165, 1.54) is 7.11 Å². The molecule has 0 saturated carbocycles. The molecule has 0 aliphatic rings. The number of guanidine groups is 1. The van der Waals surface area contributed by atoms with Crippen LogP contribution < -0.4 is 27.8 Å².